The topological polar surface area (TPSA) is 76.4 Å². The summed E-state index contributed by atoms with van der Waals surface area (Å²) in [7, 11) is 0. The van der Waals surface area contributed by atoms with E-state index in [0.29, 0.717) is 13.1 Å². The van der Waals surface area contributed by atoms with Crippen LogP contribution in [0.15, 0.2) is 17.5 Å². The summed E-state index contributed by atoms with van der Waals surface area (Å²) in [6, 6.07) is 4.11. The molecule has 108 valence electrons. The van der Waals surface area contributed by atoms with E-state index in [1.165, 1.54) is 4.88 Å². The molecule has 5 nitrogen and oxygen atoms in total. The molecule has 4 N–H and O–H groups in total. The molecule has 0 fully saturated rings. The Morgan fingerprint density at radius 3 is 2.79 bits per heavy atom. The van der Waals surface area contributed by atoms with Crippen molar-refractivity contribution in [2.75, 3.05) is 13.1 Å². The van der Waals surface area contributed by atoms with Gasteiger partial charge in [-0.15, -0.1) is 11.3 Å². The van der Waals surface area contributed by atoms with Gasteiger partial charge in [0.1, 0.15) is 5.60 Å². The molecule has 1 unspecified atom stereocenters. The average molecular weight is 285 g/mol. The molecule has 0 saturated carbocycles. The van der Waals surface area contributed by atoms with Crippen LogP contribution in [-0.2, 0) is 11.3 Å². The normalized spacial score (nSPS) is 13.1. The highest BCUT2D eigenvalue weighted by Crippen LogP contribution is 2.08. The molecule has 1 atom stereocenters. The van der Waals surface area contributed by atoms with Gasteiger partial charge in [0.2, 0.25) is 0 Å². The van der Waals surface area contributed by atoms with Crippen LogP contribution in [0.4, 0.5) is 4.79 Å². The Hall–Kier alpha value is -1.11. The second kappa shape index (κ2) is 7.47. The molecule has 6 heteroatoms. The number of nitrogens with two attached hydrogens (primary N) is 1. The third kappa shape index (κ3) is 7.15. The molecular weight excluding hydrogens is 262 g/mol. The number of amides is 1. The number of carbonyl (C=O) groups is 1. The minimum Gasteiger partial charge on any atom is -0.444 e. The zero-order chi connectivity index (χ0) is 14.3. The molecule has 0 spiro atoms. The van der Waals surface area contributed by atoms with Crippen molar-refractivity contribution in [3.8, 4) is 0 Å². The van der Waals surface area contributed by atoms with E-state index in [4.69, 9.17) is 10.5 Å². The van der Waals surface area contributed by atoms with Crippen LogP contribution in [0.1, 0.15) is 25.6 Å². The van der Waals surface area contributed by atoms with Crippen LogP contribution in [-0.4, -0.2) is 30.8 Å². The summed E-state index contributed by atoms with van der Waals surface area (Å²) in [5.74, 6) is 0. The lowest BCUT2D eigenvalue weighted by Gasteiger charge is -2.22. The number of ether oxygens (including phenoxy) is 1. The van der Waals surface area contributed by atoms with E-state index in [-0.39, 0.29) is 6.04 Å². The van der Waals surface area contributed by atoms with Gasteiger partial charge in [-0.2, -0.15) is 0 Å². The number of alkyl carbamates (subject to hydrolysis) is 1. The van der Waals surface area contributed by atoms with E-state index >= 15 is 0 Å². The summed E-state index contributed by atoms with van der Waals surface area (Å²) in [4.78, 5) is 12.8. The van der Waals surface area contributed by atoms with Crippen LogP contribution in [0.3, 0.4) is 0 Å². The van der Waals surface area contributed by atoms with Gasteiger partial charge in [-0.1, -0.05) is 6.07 Å². The van der Waals surface area contributed by atoms with Crippen LogP contribution in [0.2, 0.25) is 0 Å². The van der Waals surface area contributed by atoms with Crippen LogP contribution < -0.4 is 16.4 Å². The third-order valence-corrected chi connectivity index (χ3v) is 3.20. The number of hydrogen-bond acceptors (Lipinski definition) is 5. The van der Waals surface area contributed by atoms with Crippen molar-refractivity contribution in [3.05, 3.63) is 22.4 Å². The van der Waals surface area contributed by atoms with Gasteiger partial charge in [-0.3, -0.25) is 0 Å². The Morgan fingerprint density at radius 2 is 2.26 bits per heavy atom. The van der Waals surface area contributed by atoms with Gasteiger partial charge in [-0.05, 0) is 32.2 Å². The van der Waals surface area contributed by atoms with E-state index in [1.54, 1.807) is 11.3 Å². The highest BCUT2D eigenvalue weighted by atomic mass is 32.1. The van der Waals surface area contributed by atoms with Gasteiger partial charge in [0.05, 0.1) is 0 Å². The fourth-order valence-corrected chi connectivity index (χ4v) is 2.07. The summed E-state index contributed by atoms with van der Waals surface area (Å²) >= 11 is 1.69. The Labute approximate surface area is 118 Å². The van der Waals surface area contributed by atoms with E-state index < -0.39 is 11.7 Å². The van der Waals surface area contributed by atoms with Crippen LogP contribution >= 0.6 is 11.3 Å². The molecule has 0 aliphatic rings. The van der Waals surface area contributed by atoms with Crippen LogP contribution in [0.5, 0.6) is 0 Å². The molecule has 1 aromatic rings. The first-order chi connectivity index (χ1) is 8.90. The second-order valence-electron chi connectivity index (χ2n) is 5.28. The summed E-state index contributed by atoms with van der Waals surface area (Å²) < 4.78 is 5.17. The van der Waals surface area contributed by atoms with Crippen LogP contribution in [0.25, 0.3) is 0 Å². The molecular formula is C13H23N3O2S. The molecule has 1 amide bonds. The van der Waals surface area contributed by atoms with Crippen LogP contribution in [0, 0.1) is 0 Å². The molecule has 0 aliphatic heterocycles. The lowest BCUT2D eigenvalue weighted by Crippen LogP contribution is -2.46. The highest BCUT2D eigenvalue weighted by molar-refractivity contribution is 7.09. The second-order valence-corrected chi connectivity index (χ2v) is 6.31. The van der Waals surface area contributed by atoms with Crippen molar-refractivity contribution >= 4 is 17.4 Å². The van der Waals surface area contributed by atoms with Gasteiger partial charge in [0.25, 0.3) is 0 Å². The predicted molar refractivity (Wildman–Crippen MR) is 78.2 cm³/mol. The molecule has 1 aromatic heterocycles. The first-order valence-corrected chi connectivity index (χ1v) is 7.21. The van der Waals surface area contributed by atoms with Gasteiger partial charge in [0.15, 0.2) is 0 Å². The maximum Gasteiger partial charge on any atom is 0.407 e. The first kappa shape index (κ1) is 15.9. The van der Waals surface area contributed by atoms with Gasteiger partial charge >= 0.3 is 6.09 Å². The standard InChI is InChI=1S/C13H23N3O2S/c1-13(2,3)18-12(17)16-8-10(7-14)15-9-11-5-4-6-19-11/h4-6,10,15H,7-9,14H2,1-3H3,(H,16,17). The summed E-state index contributed by atoms with van der Waals surface area (Å²) in [5, 5.41) is 8.06. The zero-order valence-corrected chi connectivity index (χ0v) is 12.5. The zero-order valence-electron chi connectivity index (χ0n) is 11.7. The number of thiophene rings is 1. The first-order valence-electron chi connectivity index (χ1n) is 6.33. The molecule has 0 saturated heterocycles. The van der Waals surface area contributed by atoms with Gasteiger partial charge in [0, 0.05) is 30.6 Å². The average Bonchev–Trinajstić information content (AvgIpc) is 2.80. The fourth-order valence-electron chi connectivity index (χ4n) is 1.42. The monoisotopic (exact) mass is 285 g/mol. The largest absolute Gasteiger partial charge is 0.444 e. The lowest BCUT2D eigenvalue weighted by molar-refractivity contribution is 0.0523. The minimum atomic E-state index is -0.479. The minimum absolute atomic E-state index is 0.0367. The van der Waals surface area contributed by atoms with E-state index in [2.05, 4.69) is 16.7 Å². The molecule has 0 aromatic carbocycles. The maximum atomic E-state index is 11.5. The van der Waals surface area contributed by atoms with Crippen molar-refractivity contribution in [2.24, 2.45) is 5.73 Å². The smallest absolute Gasteiger partial charge is 0.407 e. The highest BCUT2D eigenvalue weighted by Gasteiger charge is 2.16. The molecule has 0 aliphatic carbocycles. The van der Waals surface area contributed by atoms with Crippen molar-refractivity contribution in [1.82, 2.24) is 10.6 Å². The number of hydrogen-bond donors (Lipinski definition) is 3. The number of nitrogens with one attached hydrogen (secondary N) is 2. The van der Waals surface area contributed by atoms with Crippen molar-refractivity contribution < 1.29 is 9.53 Å². The fraction of sp³-hybridized carbons (Fsp3) is 0.615. The number of rotatable bonds is 6. The summed E-state index contributed by atoms with van der Waals surface area (Å²) in [6.07, 6.45) is -0.413. The lowest BCUT2D eigenvalue weighted by atomic mass is 10.2. The Morgan fingerprint density at radius 1 is 1.53 bits per heavy atom. The summed E-state index contributed by atoms with van der Waals surface area (Å²) in [6.45, 7) is 7.18. The van der Waals surface area contributed by atoms with E-state index in [1.807, 2.05) is 32.2 Å². The Balaban J connectivity index is 2.26. The van der Waals surface area contributed by atoms with E-state index in [0.717, 1.165) is 6.54 Å². The van der Waals surface area contributed by atoms with E-state index in [9.17, 15) is 4.79 Å². The summed E-state index contributed by atoms with van der Waals surface area (Å²) in [5.41, 5.74) is 5.20. The van der Waals surface area contributed by atoms with Gasteiger partial charge < -0.3 is 21.1 Å². The SMILES string of the molecule is CC(C)(C)OC(=O)NCC(CN)NCc1cccs1. The Kier molecular flexibility index (Phi) is 6.27. The third-order valence-electron chi connectivity index (χ3n) is 2.32. The molecule has 0 bridgehead atoms. The maximum absolute atomic E-state index is 11.5. The molecule has 1 heterocycles. The Bertz CT molecular complexity index is 374. The van der Waals surface area contributed by atoms with Crippen molar-refractivity contribution in [1.29, 1.82) is 0 Å². The molecule has 1 rings (SSSR count). The molecule has 0 radical (unpaired) electrons. The van der Waals surface area contributed by atoms with Crippen molar-refractivity contribution in [2.45, 2.75) is 39.0 Å². The number of carbonyl (C=O) groups excluding carboxylic acids is 1. The predicted octanol–water partition coefficient (Wildman–Crippen LogP) is 1.69. The molecule has 19 heavy (non-hydrogen) atoms. The van der Waals surface area contributed by atoms with Gasteiger partial charge in [-0.25, -0.2) is 4.79 Å². The van der Waals surface area contributed by atoms with Crippen molar-refractivity contribution in [3.63, 3.8) is 0 Å². The quantitative estimate of drug-likeness (QED) is 0.743.